The second-order valence-corrected chi connectivity index (χ2v) is 9.53. The molecular weight excluding hydrogens is 379 g/mol. The minimum absolute atomic E-state index is 0.00967. The molecule has 0 radical (unpaired) electrons. The maximum absolute atomic E-state index is 13.7. The van der Waals surface area contributed by atoms with E-state index in [1.807, 2.05) is 0 Å². The molecule has 2 rings (SSSR count). The van der Waals surface area contributed by atoms with Crippen molar-refractivity contribution in [2.45, 2.75) is 44.0 Å². The molecule has 5 nitrogen and oxygen atoms in total. The van der Waals surface area contributed by atoms with Crippen molar-refractivity contribution in [1.29, 1.82) is 0 Å². The van der Waals surface area contributed by atoms with Gasteiger partial charge in [0.1, 0.15) is 5.82 Å². The van der Waals surface area contributed by atoms with E-state index in [0.29, 0.717) is 5.56 Å². The minimum Gasteiger partial charge on any atom is -0.341 e. The number of hydrogen-bond acceptors (Lipinski definition) is 3. The Hall–Kier alpha value is -2.25. The molecule has 0 aliphatic heterocycles. The molecule has 0 aromatic heterocycles. The number of benzene rings is 2. The summed E-state index contributed by atoms with van der Waals surface area (Å²) in [4.78, 5) is 13.7. The third kappa shape index (κ3) is 5.87. The largest absolute Gasteiger partial charge is 0.341 e. The normalized spacial score (nSPS) is 12.0. The molecule has 0 aliphatic carbocycles. The van der Waals surface area contributed by atoms with Crippen LogP contribution in [0.25, 0.3) is 0 Å². The van der Waals surface area contributed by atoms with Crippen LogP contribution in [0.3, 0.4) is 0 Å². The maximum atomic E-state index is 13.7. The molecule has 0 saturated heterocycles. The van der Waals surface area contributed by atoms with Crippen LogP contribution in [0.4, 0.5) is 4.39 Å². The van der Waals surface area contributed by atoms with Crippen LogP contribution in [0, 0.1) is 5.82 Å². The highest BCUT2D eigenvalue weighted by molar-refractivity contribution is 7.89. The number of carbonyl (C=O) groups is 1. The molecule has 152 valence electrons. The Kier molecular flexibility index (Phi) is 6.96. The van der Waals surface area contributed by atoms with Gasteiger partial charge < -0.3 is 4.90 Å². The highest BCUT2D eigenvalue weighted by Crippen LogP contribution is 2.23. The summed E-state index contributed by atoms with van der Waals surface area (Å²) in [5, 5.41) is 0. The molecule has 7 heteroatoms. The third-order valence-corrected chi connectivity index (χ3v) is 5.93. The lowest BCUT2D eigenvalue weighted by Crippen LogP contribution is -2.32. The van der Waals surface area contributed by atoms with Crippen LogP contribution in [0.5, 0.6) is 0 Å². The molecular formula is C21H27FN2O3S. The Balaban J connectivity index is 1.90. The van der Waals surface area contributed by atoms with E-state index in [1.165, 1.54) is 11.0 Å². The SMILES string of the molecule is CN(Cc1ccccc1F)C(=O)CCNS(=O)(=O)c1ccc(C(C)(C)C)cc1. The first-order valence-corrected chi connectivity index (χ1v) is 10.6. The van der Waals surface area contributed by atoms with Crippen molar-refractivity contribution in [2.24, 2.45) is 0 Å². The van der Waals surface area contributed by atoms with Gasteiger partial charge in [0.2, 0.25) is 15.9 Å². The fourth-order valence-corrected chi connectivity index (χ4v) is 3.70. The summed E-state index contributed by atoms with van der Waals surface area (Å²) in [6.07, 6.45) is -0.00967. The van der Waals surface area contributed by atoms with Crippen LogP contribution in [-0.2, 0) is 26.8 Å². The molecule has 0 unspecified atom stereocenters. The van der Waals surface area contributed by atoms with Crippen LogP contribution >= 0.6 is 0 Å². The predicted molar refractivity (Wildman–Crippen MR) is 108 cm³/mol. The van der Waals surface area contributed by atoms with Crippen molar-refractivity contribution in [3.8, 4) is 0 Å². The molecule has 1 amide bonds. The van der Waals surface area contributed by atoms with E-state index < -0.39 is 10.0 Å². The molecule has 1 N–H and O–H groups in total. The van der Waals surface area contributed by atoms with Crippen LogP contribution < -0.4 is 4.72 Å². The standard InChI is InChI=1S/C21H27FN2O3S/c1-21(2,3)17-9-11-18(12-10-17)28(26,27)23-14-13-20(25)24(4)15-16-7-5-6-8-19(16)22/h5-12,23H,13-15H2,1-4H3. The van der Waals surface area contributed by atoms with Crippen LogP contribution in [0.2, 0.25) is 0 Å². The van der Waals surface area contributed by atoms with Crippen LogP contribution in [0.1, 0.15) is 38.3 Å². The fraction of sp³-hybridized carbons (Fsp3) is 0.381. The third-order valence-electron chi connectivity index (χ3n) is 4.45. The van der Waals surface area contributed by atoms with E-state index in [0.717, 1.165) is 5.56 Å². The Morgan fingerprint density at radius 2 is 1.68 bits per heavy atom. The zero-order valence-corrected chi connectivity index (χ0v) is 17.5. The molecule has 0 bridgehead atoms. The van der Waals surface area contributed by atoms with Crippen molar-refractivity contribution in [3.63, 3.8) is 0 Å². The van der Waals surface area contributed by atoms with E-state index in [-0.39, 0.29) is 41.5 Å². The molecule has 0 atom stereocenters. The summed E-state index contributed by atoms with van der Waals surface area (Å²) in [5.41, 5.74) is 1.39. The fourth-order valence-electron chi connectivity index (χ4n) is 2.67. The lowest BCUT2D eigenvalue weighted by atomic mass is 9.87. The number of rotatable bonds is 7. The van der Waals surface area contributed by atoms with E-state index in [2.05, 4.69) is 25.5 Å². The van der Waals surface area contributed by atoms with E-state index >= 15 is 0 Å². The smallest absolute Gasteiger partial charge is 0.240 e. The second-order valence-electron chi connectivity index (χ2n) is 7.76. The first kappa shape index (κ1) is 22.0. The van der Waals surface area contributed by atoms with Gasteiger partial charge in [0.05, 0.1) is 4.90 Å². The zero-order valence-electron chi connectivity index (χ0n) is 16.7. The van der Waals surface area contributed by atoms with Gasteiger partial charge in [-0.1, -0.05) is 51.1 Å². The van der Waals surface area contributed by atoms with Crippen molar-refractivity contribution in [3.05, 3.63) is 65.5 Å². The van der Waals surface area contributed by atoms with Crippen LogP contribution in [0.15, 0.2) is 53.4 Å². The highest BCUT2D eigenvalue weighted by Gasteiger charge is 2.18. The van der Waals surface area contributed by atoms with Gasteiger partial charge >= 0.3 is 0 Å². The van der Waals surface area contributed by atoms with Crippen molar-refractivity contribution < 1.29 is 17.6 Å². The highest BCUT2D eigenvalue weighted by atomic mass is 32.2. The average Bonchev–Trinajstić information content (AvgIpc) is 2.62. The molecule has 0 spiro atoms. The Bertz CT molecular complexity index is 919. The molecule has 2 aromatic rings. The summed E-state index contributed by atoms with van der Waals surface area (Å²) < 4.78 is 40.9. The second kappa shape index (κ2) is 8.84. The number of nitrogens with one attached hydrogen (secondary N) is 1. The Morgan fingerprint density at radius 3 is 2.25 bits per heavy atom. The van der Waals surface area contributed by atoms with Gasteiger partial charge in [0.25, 0.3) is 0 Å². The first-order chi connectivity index (χ1) is 13.0. The lowest BCUT2D eigenvalue weighted by Gasteiger charge is -2.19. The summed E-state index contributed by atoms with van der Waals surface area (Å²) in [6.45, 7) is 6.27. The van der Waals surface area contributed by atoms with Gasteiger partial charge in [0, 0.05) is 32.1 Å². The van der Waals surface area contributed by atoms with Crippen LogP contribution in [-0.4, -0.2) is 32.8 Å². The molecule has 0 heterocycles. The summed E-state index contributed by atoms with van der Waals surface area (Å²) >= 11 is 0. The van der Waals surface area contributed by atoms with E-state index in [9.17, 15) is 17.6 Å². The van der Waals surface area contributed by atoms with Gasteiger partial charge in [-0.15, -0.1) is 0 Å². The molecule has 0 aliphatic rings. The van der Waals surface area contributed by atoms with Gasteiger partial charge in [0.15, 0.2) is 0 Å². The Labute approximate surface area is 166 Å². The number of nitrogens with zero attached hydrogens (tertiary/aromatic N) is 1. The number of sulfonamides is 1. The van der Waals surface area contributed by atoms with Crippen molar-refractivity contribution in [1.82, 2.24) is 9.62 Å². The molecule has 0 fully saturated rings. The van der Waals surface area contributed by atoms with Crippen molar-refractivity contribution >= 4 is 15.9 Å². The van der Waals surface area contributed by atoms with Gasteiger partial charge in [-0.3, -0.25) is 4.79 Å². The first-order valence-electron chi connectivity index (χ1n) is 9.08. The van der Waals surface area contributed by atoms with Crippen molar-refractivity contribution in [2.75, 3.05) is 13.6 Å². The van der Waals surface area contributed by atoms with Gasteiger partial charge in [-0.25, -0.2) is 17.5 Å². The number of hydrogen-bond donors (Lipinski definition) is 1. The topological polar surface area (TPSA) is 66.5 Å². The number of amides is 1. The minimum atomic E-state index is -3.69. The average molecular weight is 407 g/mol. The lowest BCUT2D eigenvalue weighted by molar-refractivity contribution is -0.130. The van der Waals surface area contributed by atoms with Gasteiger partial charge in [-0.05, 0) is 29.2 Å². The molecule has 0 saturated carbocycles. The number of halogens is 1. The summed E-state index contributed by atoms with van der Waals surface area (Å²) in [7, 11) is -2.13. The summed E-state index contributed by atoms with van der Waals surface area (Å²) in [6, 6.07) is 13.0. The Morgan fingerprint density at radius 1 is 1.07 bits per heavy atom. The van der Waals surface area contributed by atoms with Gasteiger partial charge in [-0.2, -0.15) is 0 Å². The summed E-state index contributed by atoms with van der Waals surface area (Å²) in [5.74, 6) is -0.643. The zero-order chi connectivity index (χ0) is 20.9. The molecule has 2 aromatic carbocycles. The monoisotopic (exact) mass is 406 g/mol. The number of carbonyl (C=O) groups excluding carboxylic acids is 1. The molecule has 28 heavy (non-hydrogen) atoms. The van der Waals surface area contributed by atoms with E-state index in [4.69, 9.17) is 0 Å². The van der Waals surface area contributed by atoms with E-state index in [1.54, 1.807) is 49.5 Å². The predicted octanol–water partition coefficient (Wildman–Crippen LogP) is 3.45. The maximum Gasteiger partial charge on any atom is 0.240 e. The quantitative estimate of drug-likeness (QED) is 0.766.